The summed E-state index contributed by atoms with van der Waals surface area (Å²) in [7, 11) is 0. The maximum atomic E-state index is 13.4. The minimum atomic E-state index is -0.908. The van der Waals surface area contributed by atoms with Crippen LogP contribution in [0.5, 0.6) is 0 Å². The molecule has 0 amide bonds. The normalized spacial score (nSPS) is 12.7. The largest absolute Gasteiger partial charge is 0.380 e. The van der Waals surface area contributed by atoms with Gasteiger partial charge in [0.05, 0.1) is 4.47 Å². The summed E-state index contributed by atoms with van der Waals surface area (Å²) < 4.78 is 15.7. The second kappa shape index (κ2) is 5.63. The van der Waals surface area contributed by atoms with Crippen molar-refractivity contribution in [2.75, 3.05) is 0 Å². The molecule has 1 atom stereocenters. The van der Waals surface area contributed by atoms with Crippen molar-refractivity contribution in [1.82, 2.24) is 9.55 Å². The molecule has 0 aliphatic rings. The van der Waals surface area contributed by atoms with E-state index in [0.717, 1.165) is 13.0 Å². The van der Waals surface area contributed by atoms with Crippen LogP contribution in [-0.4, -0.2) is 14.7 Å². The van der Waals surface area contributed by atoms with Crippen LogP contribution in [0, 0.1) is 5.82 Å². The molecule has 0 bridgehead atoms. The number of aliphatic hydroxyl groups excluding tert-OH is 1. The molecule has 1 aromatic heterocycles. The van der Waals surface area contributed by atoms with Gasteiger partial charge in [0.2, 0.25) is 0 Å². The minimum absolute atomic E-state index is 0.385. The number of imidazole rings is 1. The van der Waals surface area contributed by atoms with Crippen LogP contribution in [0.4, 0.5) is 4.39 Å². The van der Waals surface area contributed by atoms with Gasteiger partial charge in [-0.2, -0.15) is 0 Å². The third-order valence-corrected chi connectivity index (χ3v) is 3.36. The molecule has 0 aliphatic carbocycles. The van der Waals surface area contributed by atoms with Crippen LogP contribution >= 0.6 is 15.9 Å². The van der Waals surface area contributed by atoms with E-state index in [9.17, 15) is 9.50 Å². The summed E-state index contributed by atoms with van der Waals surface area (Å²) in [5.74, 6) is 0.152. The molecule has 1 unspecified atom stereocenters. The molecule has 0 fully saturated rings. The van der Waals surface area contributed by atoms with Gasteiger partial charge in [-0.25, -0.2) is 9.37 Å². The van der Waals surface area contributed by atoms with Gasteiger partial charge in [-0.1, -0.05) is 13.0 Å². The average Bonchev–Trinajstić information content (AvgIpc) is 2.80. The van der Waals surface area contributed by atoms with Crippen LogP contribution in [-0.2, 0) is 6.54 Å². The molecule has 18 heavy (non-hydrogen) atoms. The van der Waals surface area contributed by atoms with Gasteiger partial charge in [-0.15, -0.1) is 0 Å². The lowest BCUT2D eigenvalue weighted by molar-refractivity contribution is 0.204. The van der Waals surface area contributed by atoms with E-state index in [2.05, 4.69) is 27.8 Å². The zero-order valence-corrected chi connectivity index (χ0v) is 11.6. The van der Waals surface area contributed by atoms with Gasteiger partial charge in [0, 0.05) is 18.9 Å². The first-order valence-electron chi connectivity index (χ1n) is 5.77. The van der Waals surface area contributed by atoms with Crippen molar-refractivity contribution < 1.29 is 9.50 Å². The van der Waals surface area contributed by atoms with Gasteiger partial charge in [0.25, 0.3) is 0 Å². The van der Waals surface area contributed by atoms with Gasteiger partial charge in [0.15, 0.2) is 0 Å². The van der Waals surface area contributed by atoms with Crippen LogP contribution in [0.3, 0.4) is 0 Å². The minimum Gasteiger partial charge on any atom is -0.380 e. The molecule has 1 aromatic carbocycles. The number of aromatic nitrogens is 2. The smallest absolute Gasteiger partial charge is 0.142 e. The lowest BCUT2D eigenvalue weighted by atomic mass is 10.1. The molecule has 3 nitrogen and oxygen atoms in total. The zero-order chi connectivity index (χ0) is 13.1. The predicted molar refractivity (Wildman–Crippen MR) is 70.7 cm³/mol. The Kier molecular flexibility index (Phi) is 4.14. The van der Waals surface area contributed by atoms with Crippen LogP contribution in [0.2, 0.25) is 0 Å². The highest BCUT2D eigenvalue weighted by molar-refractivity contribution is 9.10. The number of hydrogen-bond acceptors (Lipinski definition) is 2. The number of aryl methyl sites for hydroxylation is 1. The van der Waals surface area contributed by atoms with Crippen molar-refractivity contribution in [2.45, 2.75) is 26.0 Å². The lowest BCUT2D eigenvalue weighted by Gasteiger charge is -2.13. The maximum Gasteiger partial charge on any atom is 0.142 e. The van der Waals surface area contributed by atoms with Crippen molar-refractivity contribution in [2.24, 2.45) is 0 Å². The molecule has 0 radical (unpaired) electrons. The molecule has 1 heterocycles. The van der Waals surface area contributed by atoms with Gasteiger partial charge < -0.3 is 9.67 Å². The Bertz CT molecular complexity index is 542. The first-order valence-corrected chi connectivity index (χ1v) is 6.56. The molecule has 96 valence electrons. The highest BCUT2D eigenvalue weighted by Crippen LogP contribution is 2.24. The number of benzene rings is 1. The Morgan fingerprint density at radius 3 is 2.94 bits per heavy atom. The quantitative estimate of drug-likeness (QED) is 0.941. The first kappa shape index (κ1) is 13.2. The van der Waals surface area contributed by atoms with Gasteiger partial charge >= 0.3 is 0 Å². The highest BCUT2D eigenvalue weighted by atomic mass is 79.9. The Morgan fingerprint density at radius 2 is 2.28 bits per heavy atom. The van der Waals surface area contributed by atoms with Crippen LogP contribution in [0.25, 0.3) is 0 Å². The van der Waals surface area contributed by atoms with E-state index in [-0.39, 0.29) is 5.82 Å². The monoisotopic (exact) mass is 312 g/mol. The van der Waals surface area contributed by atoms with Crippen LogP contribution in [0.15, 0.2) is 35.1 Å². The van der Waals surface area contributed by atoms with Crippen LogP contribution in [0.1, 0.15) is 30.8 Å². The number of nitrogens with zero attached hydrogens (tertiary/aromatic N) is 2. The summed E-state index contributed by atoms with van der Waals surface area (Å²) in [6.45, 7) is 2.83. The predicted octanol–water partition coefficient (Wildman–Crippen LogP) is 3.28. The fourth-order valence-electron chi connectivity index (χ4n) is 1.83. The number of hydrogen-bond donors (Lipinski definition) is 1. The van der Waals surface area contributed by atoms with E-state index in [1.165, 1.54) is 6.07 Å². The van der Waals surface area contributed by atoms with E-state index >= 15 is 0 Å². The summed E-state index contributed by atoms with van der Waals surface area (Å²) in [5, 5.41) is 10.2. The topological polar surface area (TPSA) is 38.0 Å². The number of halogens is 2. The molecular formula is C13H14BrFN2O. The highest BCUT2D eigenvalue weighted by Gasteiger charge is 2.17. The Morgan fingerprint density at radius 1 is 1.50 bits per heavy atom. The third-order valence-electron chi connectivity index (χ3n) is 2.72. The molecule has 0 spiro atoms. The van der Waals surface area contributed by atoms with Crippen molar-refractivity contribution in [3.8, 4) is 0 Å². The lowest BCUT2D eigenvalue weighted by Crippen LogP contribution is -2.10. The Labute approximate surface area is 113 Å². The van der Waals surface area contributed by atoms with Crippen molar-refractivity contribution in [3.63, 3.8) is 0 Å². The van der Waals surface area contributed by atoms with Gasteiger partial charge in [0.1, 0.15) is 17.7 Å². The summed E-state index contributed by atoms with van der Waals surface area (Å²) in [6.07, 6.45) is 3.50. The van der Waals surface area contributed by atoms with Crippen molar-refractivity contribution >= 4 is 15.9 Å². The molecule has 0 saturated heterocycles. The summed E-state index contributed by atoms with van der Waals surface area (Å²) in [4.78, 5) is 4.14. The summed E-state index contributed by atoms with van der Waals surface area (Å²) in [6, 6.07) is 4.59. The molecule has 0 aliphatic heterocycles. The summed E-state index contributed by atoms with van der Waals surface area (Å²) in [5.41, 5.74) is 0.499. The molecule has 1 N–H and O–H groups in total. The molecule has 0 saturated carbocycles. The average molecular weight is 313 g/mol. The molecular weight excluding hydrogens is 299 g/mol. The fourth-order valence-corrected chi connectivity index (χ4v) is 2.08. The van der Waals surface area contributed by atoms with E-state index < -0.39 is 6.10 Å². The van der Waals surface area contributed by atoms with E-state index in [4.69, 9.17) is 0 Å². The second-order valence-corrected chi connectivity index (χ2v) is 4.91. The second-order valence-electron chi connectivity index (χ2n) is 4.05. The molecule has 2 aromatic rings. The summed E-state index contributed by atoms with van der Waals surface area (Å²) >= 11 is 3.09. The number of rotatable bonds is 4. The fraction of sp³-hybridized carbons (Fsp3) is 0.308. The first-order chi connectivity index (χ1) is 8.63. The van der Waals surface area contributed by atoms with Gasteiger partial charge in [-0.3, -0.25) is 0 Å². The zero-order valence-electron chi connectivity index (χ0n) is 9.98. The SMILES string of the molecule is CCCn1ccnc1C(O)c1ccc(Br)c(F)c1. The van der Waals surface area contributed by atoms with Crippen molar-refractivity contribution in [1.29, 1.82) is 0 Å². The molecule has 2 rings (SSSR count). The molecule has 5 heteroatoms. The van der Waals surface area contributed by atoms with E-state index in [1.54, 1.807) is 18.3 Å². The van der Waals surface area contributed by atoms with Crippen LogP contribution < -0.4 is 0 Å². The third kappa shape index (κ3) is 2.62. The van der Waals surface area contributed by atoms with E-state index in [0.29, 0.717) is 15.9 Å². The van der Waals surface area contributed by atoms with Gasteiger partial charge in [-0.05, 0) is 40.0 Å². The van der Waals surface area contributed by atoms with E-state index in [1.807, 2.05) is 10.8 Å². The Balaban J connectivity index is 2.32. The maximum absolute atomic E-state index is 13.4. The van der Waals surface area contributed by atoms with Crippen molar-refractivity contribution in [3.05, 3.63) is 52.3 Å². The Hall–Kier alpha value is -1.20. The standard InChI is InChI=1S/C13H14BrFN2O/c1-2-6-17-7-5-16-13(17)12(18)9-3-4-10(14)11(15)8-9/h3-5,7-8,12,18H,2,6H2,1H3. The number of aliphatic hydroxyl groups is 1.